The number of thiophene rings is 1. The van der Waals surface area contributed by atoms with Gasteiger partial charge in [-0.05, 0) is 42.5 Å². The highest BCUT2D eigenvalue weighted by Gasteiger charge is 2.21. The number of nitrogens with zero attached hydrogens (tertiary/aromatic N) is 4. The first-order valence-corrected chi connectivity index (χ1v) is 10.4. The zero-order valence-electron chi connectivity index (χ0n) is 16.0. The van der Waals surface area contributed by atoms with Crippen molar-refractivity contribution in [3.8, 4) is 10.4 Å². The Balaban J connectivity index is 1.23. The molecular weight excluding hydrogens is 384 g/mol. The molecule has 1 aliphatic carbocycles. The Morgan fingerprint density at radius 3 is 2.97 bits per heavy atom. The van der Waals surface area contributed by atoms with Crippen molar-refractivity contribution in [1.29, 1.82) is 0 Å². The van der Waals surface area contributed by atoms with Gasteiger partial charge < -0.3 is 10.6 Å². The monoisotopic (exact) mass is 404 g/mol. The molecule has 8 heteroatoms. The Labute approximate surface area is 171 Å². The molecule has 29 heavy (non-hydrogen) atoms. The van der Waals surface area contributed by atoms with Crippen molar-refractivity contribution in [3.63, 3.8) is 0 Å². The van der Waals surface area contributed by atoms with Crippen molar-refractivity contribution >= 4 is 28.8 Å². The van der Waals surface area contributed by atoms with Crippen LogP contribution < -0.4 is 10.6 Å². The van der Waals surface area contributed by atoms with E-state index in [1.165, 1.54) is 27.9 Å². The summed E-state index contributed by atoms with van der Waals surface area (Å²) < 4.78 is 1.65. The summed E-state index contributed by atoms with van der Waals surface area (Å²) in [7, 11) is 0. The van der Waals surface area contributed by atoms with E-state index in [9.17, 15) is 4.79 Å². The summed E-state index contributed by atoms with van der Waals surface area (Å²) in [5.74, 6) is 1.34. The summed E-state index contributed by atoms with van der Waals surface area (Å²) in [6, 6.07) is 12.4. The Morgan fingerprint density at radius 1 is 1.17 bits per heavy atom. The van der Waals surface area contributed by atoms with E-state index in [1.54, 1.807) is 15.9 Å². The largest absolute Gasteiger partial charge is 0.368 e. The number of fused-ring (bicyclic) bond motifs is 4. The second kappa shape index (κ2) is 7.29. The van der Waals surface area contributed by atoms with Gasteiger partial charge >= 0.3 is 0 Å². The van der Waals surface area contributed by atoms with Gasteiger partial charge in [-0.1, -0.05) is 24.3 Å². The average Bonchev–Trinajstić information content (AvgIpc) is 3.37. The van der Waals surface area contributed by atoms with Crippen LogP contribution in [0.1, 0.15) is 26.5 Å². The maximum absolute atomic E-state index is 12.6. The molecule has 1 amide bonds. The highest BCUT2D eigenvalue weighted by atomic mass is 32.1. The molecule has 0 bridgehead atoms. The van der Waals surface area contributed by atoms with Gasteiger partial charge in [0, 0.05) is 29.7 Å². The van der Waals surface area contributed by atoms with E-state index < -0.39 is 0 Å². The van der Waals surface area contributed by atoms with Gasteiger partial charge in [0.05, 0.1) is 4.88 Å². The Kier molecular flexibility index (Phi) is 4.48. The Bertz CT molecular complexity index is 1210. The molecular formula is C21H20N6OS. The smallest absolute Gasteiger partial charge is 0.261 e. The number of rotatable bonds is 5. The molecule has 3 aromatic heterocycles. The topological polar surface area (TPSA) is 84.2 Å². The van der Waals surface area contributed by atoms with E-state index in [-0.39, 0.29) is 5.91 Å². The lowest BCUT2D eigenvalue weighted by Crippen LogP contribution is -2.28. The first-order chi connectivity index (χ1) is 14.2. The van der Waals surface area contributed by atoms with E-state index in [1.807, 2.05) is 19.1 Å². The average molecular weight is 404 g/mol. The van der Waals surface area contributed by atoms with Crippen molar-refractivity contribution in [2.45, 2.75) is 19.8 Å². The molecule has 0 radical (unpaired) electrons. The van der Waals surface area contributed by atoms with Crippen molar-refractivity contribution < 1.29 is 4.79 Å². The minimum absolute atomic E-state index is 0.0273. The van der Waals surface area contributed by atoms with Crippen LogP contribution in [0.5, 0.6) is 0 Å². The van der Waals surface area contributed by atoms with Crippen LogP contribution in [-0.2, 0) is 12.8 Å². The second-order valence-electron chi connectivity index (χ2n) is 7.06. The van der Waals surface area contributed by atoms with Gasteiger partial charge in [-0.25, -0.2) is 4.98 Å². The third-order valence-corrected chi connectivity index (χ3v) is 6.26. The molecule has 1 aromatic carbocycles. The van der Waals surface area contributed by atoms with Gasteiger partial charge in [0.15, 0.2) is 0 Å². The van der Waals surface area contributed by atoms with Crippen molar-refractivity contribution in [2.75, 3.05) is 18.4 Å². The highest BCUT2D eigenvalue weighted by Crippen LogP contribution is 2.39. The maximum Gasteiger partial charge on any atom is 0.261 e. The molecule has 146 valence electrons. The number of hydrogen-bond acceptors (Lipinski definition) is 6. The van der Waals surface area contributed by atoms with E-state index in [0.717, 1.165) is 29.2 Å². The summed E-state index contributed by atoms with van der Waals surface area (Å²) in [5.41, 5.74) is 4.77. The molecule has 0 aliphatic heterocycles. The van der Waals surface area contributed by atoms with Crippen LogP contribution in [-0.4, -0.2) is 38.6 Å². The molecule has 2 N–H and O–H groups in total. The van der Waals surface area contributed by atoms with Gasteiger partial charge in [-0.15, -0.1) is 11.3 Å². The molecule has 3 heterocycles. The summed E-state index contributed by atoms with van der Waals surface area (Å²) >= 11 is 1.58. The van der Waals surface area contributed by atoms with Gasteiger partial charge in [-0.2, -0.15) is 14.6 Å². The lowest BCUT2D eigenvalue weighted by Gasteiger charge is -2.15. The molecule has 0 unspecified atom stereocenters. The fourth-order valence-electron chi connectivity index (χ4n) is 3.69. The van der Waals surface area contributed by atoms with E-state index in [4.69, 9.17) is 0 Å². The lowest BCUT2D eigenvalue weighted by atomic mass is 9.91. The minimum Gasteiger partial charge on any atom is -0.368 e. The third-order valence-electron chi connectivity index (χ3n) is 5.06. The second-order valence-corrected chi connectivity index (χ2v) is 8.11. The van der Waals surface area contributed by atoms with Gasteiger partial charge in [0.25, 0.3) is 11.7 Å². The minimum atomic E-state index is -0.0273. The fraction of sp³-hybridized carbons (Fsp3) is 0.238. The van der Waals surface area contributed by atoms with Gasteiger partial charge in [-0.3, -0.25) is 4.79 Å². The van der Waals surface area contributed by atoms with Crippen LogP contribution in [0.3, 0.4) is 0 Å². The highest BCUT2D eigenvalue weighted by molar-refractivity contribution is 7.17. The number of benzene rings is 1. The fourth-order valence-corrected chi connectivity index (χ4v) is 4.88. The molecule has 1 aliphatic rings. The summed E-state index contributed by atoms with van der Waals surface area (Å²) in [6.45, 7) is 3.01. The summed E-state index contributed by atoms with van der Waals surface area (Å²) in [6.07, 6.45) is 3.51. The maximum atomic E-state index is 12.6. The van der Waals surface area contributed by atoms with Gasteiger partial charge in [0.2, 0.25) is 0 Å². The molecule has 4 aromatic rings. The van der Waals surface area contributed by atoms with Crippen LogP contribution in [0.15, 0.2) is 42.7 Å². The molecule has 5 rings (SSSR count). The predicted octanol–water partition coefficient (Wildman–Crippen LogP) is 3.10. The van der Waals surface area contributed by atoms with Crippen molar-refractivity contribution in [2.24, 2.45) is 0 Å². The first kappa shape index (κ1) is 17.8. The van der Waals surface area contributed by atoms with E-state index in [0.29, 0.717) is 18.9 Å². The van der Waals surface area contributed by atoms with Crippen LogP contribution >= 0.6 is 11.3 Å². The first-order valence-electron chi connectivity index (χ1n) is 9.59. The molecule has 0 saturated carbocycles. The number of carbonyl (C=O) groups excluding carboxylic acids is 1. The van der Waals surface area contributed by atoms with Crippen LogP contribution in [0.4, 0.5) is 5.82 Å². The van der Waals surface area contributed by atoms with Crippen LogP contribution in [0, 0.1) is 6.92 Å². The van der Waals surface area contributed by atoms with Crippen molar-refractivity contribution in [3.05, 3.63) is 64.4 Å². The Hall–Kier alpha value is -3.26. The number of nitrogens with one attached hydrogen (secondary N) is 2. The zero-order chi connectivity index (χ0) is 19.8. The van der Waals surface area contributed by atoms with E-state index >= 15 is 0 Å². The third kappa shape index (κ3) is 3.36. The standard InChI is InChI=1S/C21H20N6OS/c1-13-10-18(27-21(26-13)24-12-25-27)22-8-9-23-20(28)17-11-15-7-6-14-4-2-3-5-16(14)19(15)29-17/h2-5,10-12,22H,6-9H2,1H3,(H,23,28). The summed E-state index contributed by atoms with van der Waals surface area (Å²) in [4.78, 5) is 23.1. The van der Waals surface area contributed by atoms with Crippen LogP contribution in [0.2, 0.25) is 0 Å². The molecule has 0 atom stereocenters. The number of amides is 1. The van der Waals surface area contributed by atoms with Crippen molar-refractivity contribution in [1.82, 2.24) is 24.9 Å². The van der Waals surface area contributed by atoms with Crippen LogP contribution in [0.25, 0.3) is 16.2 Å². The Morgan fingerprint density at radius 2 is 2.03 bits per heavy atom. The SMILES string of the molecule is Cc1cc(NCCNC(=O)c2cc3c(s2)-c2ccccc2CC3)n2ncnc2n1. The molecule has 0 fully saturated rings. The van der Waals surface area contributed by atoms with Gasteiger partial charge in [0.1, 0.15) is 12.1 Å². The molecule has 7 nitrogen and oxygen atoms in total. The molecule has 0 spiro atoms. The molecule has 0 saturated heterocycles. The number of carbonyl (C=O) groups is 1. The van der Waals surface area contributed by atoms with E-state index in [2.05, 4.69) is 50.0 Å². The number of aromatic nitrogens is 4. The zero-order valence-corrected chi connectivity index (χ0v) is 16.8. The number of aryl methyl sites for hydroxylation is 3. The lowest BCUT2D eigenvalue weighted by molar-refractivity contribution is 0.0959. The predicted molar refractivity (Wildman–Crippen MR) is 114 cm³/mol. The normalized spacial score (nSPS) is 12.4. The number of hydrogen-bond donors (Lipinski definition) is 2. The number of anilines is 1. The summed E-state index contributed by atoms with van der Waals surface area (Å²) in [5, 5.41) is 10.5. The quantitative estimate of drug-likeness (QED) is 0.500.